The molecule has 0 radical (unpaired) electrons. The van der Waals surface area contributed by atoms with Crippen LogP contribution in [0.4, 0.5) is 4.39 Å². The van der Waals surface area contributed by atoms with Crippen molar-refractivity contribution in [1.82, 2.24) is 15.6 Å². The largest absolute Gasteiger partial charge is 0.289 e. The number of aromatic amines is 1. The van der Waals surface area contributed by atoms with E-state index in [-0.39, 0.29) is 11.5 Å². The molecule has 4 rings (SSSR count). The van der Waals surface area contributed by atoms with E-state index in [1.165, 1.54) is 12.1 Å². The highest BCUT2D eigenvalue weighted by Gasteiger charge is 2.11. The Hall–Kier alpha value is -3.80. The maximum absolute atomic E-state index is 13.0. The first kappa shape index (κ1) is 17.6. The number of aromatic nitrogens is 2. The normalized spacial score (nSPS) is 11.6. The van der Waals surface area contributed by atoms with Crippen molar-refractivity contribution in [2.45, 2.75) is 6.92 Å². The molecule has 0 saturated heterocycles. The molecular formula is C22H17FN4O. The smallest absolute Gasteiger partial charge is 0.272 e. The summed E-state index contributed by atoms with van der Waals surface area (Å²) in [5.74, 6) is -0.726. The van der Waals surface area contributed by atoms with E-state index in [1.807, 2.05) is 49.4 Å². The van der Waals surface area contributed by atoms with Crippen molar-refractivity contribution in [2.75, 3.05) is 0 Å². The molecule has 4 aromatic rings. The maximum atomic E-state index is 13.0. The number of rotatable bonds is 4. The van der Waals surface area contributed by atoms with Crippen LogP contribution in [0.2, 0.25) is 0 Å². The van der Waals surface area contributed by atoms with E-state index in [2.05, 4.69) is 20.7 Å². The first-order valence-electron chi connectivity index (χ1n) is 8.76. The van der Waals surface area contributed by atoms with Gasteiger partial charge in [-0.05, 0) is 48.0 Å². The topological polar surface area (TPSA) is 70.1 Å². The van der Waals surface area contributed by atoms with Crippen molar-refractivity contribution >= 4 is 22.4 Å². The van der Waals surface area contributed by atoms with Crippen molar-refractivity contribution in [2.24, 2.45) is 5.10 Å². The fraction of sp³-hybridized carbons (Fsp3) is 0.0455. The van der Waals surface area contributed by atoms with E-state index >= 15 is 0 Å². The molecule has 0 bridgehead atoms. The van der Waals surface area contributed by atoms with Crippen LogP contribution in [0.5, 0.6) is 0 Å². The molecule has 0 aliphatic rings. The van der Waals surface area contributed by atoms with Gasteiger partial charge in [0.1, 0.15) is 11.5 Å². The summed E-state index contributed by atoms with van der Waals surface area (Å²) in [6.07, 6.45) is 0. The minimum Gasteiger partial charge on any atom is -0.272 e. The van der Waals surface area contributed by atoms with Crippen LogP contribution in [0.15, 0.2) is 77.9 Å². The molecule has 1 heterocycles. The van der Waals surface area contributed by atoms with E-state index in [0.29, 0.717) is 17.0 Å². The van der Waals surface area contributed by atoms with Gasteiger partial charge in [-0.15, -0.1) is 0 Å². The molecule has 1 aromatic heterocycles. The lowest BCUT2D eigenvalue weighted by molar-refractivity contribution is 0.0950. The summed E-state index contributed by atoms with van der Waals surface area (Å²) in [5, 5.41) is 13.2. The van der Waals surface area contributed by atoms with Gasteiger partial charge in [0.2, 0.25) is 0 Å². The van der Waals surface area contributed by atoms with Crippen molar-refractivity contribution in [3.63, 3.8) is 0 Å². The van der Waals surface area contributed by atoms with Crippen LogP contribution in [0.3, 0.4) is 0 Å². The molecule has 5 nitrogen and oxygen atoms in total. The van der Waals surface area contributed by atoms with E-state index in [4.69, 9.17) is 0 Å². The van der Waals surface area contributed by atoms with E-state index in [9.17, 15) is 9.18 Å². The van der Waals surface area contributed by atoms with Crippen LogP contribution < -0.4 is 5.43 Å². The Kier molecular flexibility index (Phi) is 4.68. The predicted octanol–water partition coefficient (Wildman–Crippen LogP) is 4.52. The Balaban J connectivity index is 1.53. The molecule has 0 saturated carbocycles. The van der Waals surface area contributed by atoms with Gasteiger partial charge in [0.25, 0.3) is 5.91 Å². The van der Waals surface area contributed by atoms with E-state index in [0.717, 1.165) is 16.3 Å². The molecule has 0 spiro atoms. The second-order valence-corrected chi connectivity index (χ2v) is 6.34. The Bertz CT molecular complexity index is 1170. The van der Waals surface area contributed by atoms with Gasteiger partial charge in [-0.25, -0.2) is 9.82 Å². The van der Waals surface area contributed by atoms with Gasteiger partial charge in [-0.3, -0.25) is 9.89 Å². The highest BCUT2D eigenvalue weighted by molar-refractivity contribution is 6.10. The van der Waals surface area contributed by atoms with Crippen molar-refractivity contribution < 1.29 is 9.18 Å². The summed E-state index contributed by atoms with van der Waals surface area (Å²) < 4.78 is 13.0. The molecule has 0 aliphatic heterocycles. The molecule has 3 aromatic carbocycles. The zero-order valence-electron chi connectivity index (χ0n) is 15.1. The van der Waals surface area contributed by atoms with Crippen LogP contribution in [0.1, 0.15) is 23.0 Å². The standard InChI is InChI=1S/C22H17FN4O/c1-14(18-8-4-6-15-5-2-3-7-19(15)18)24-27-22(28)21-13-20(25-26-21)16-9-11-17(23)12-10-16/h2-13H,1H3,(H,25,26)(H,27,28)/b24-14+. The first-order valence-corrected chi connectivity index (χ1v) is 8.76. The lowest BCUT2D eigenvalue weighted by Crippen LogP contribution is -2.19. The Morgan fingerprint density at radius 1 is 1.04 bits per heavy atom. The van der Waals surface area contributed by atoms with Crippen LogP contribution >= 0.6 is 0 Å². The minimum atomic E-state index is -0.402. The maximum Gasteiger partial charge on any atom is 0.289 e. The number of fused-ring (bicyclic) bond motifs is 1. The fourth-order valence-electron chi connectivity index (χ4n) is 3.00. The highest BCUT2D eigenvalue weighted by Crippen LogP contribution is 2.20. The van der Waals surface area contributed by atoms with Crippen molar-refractivity contribution in [3.05, 3.63) is 89.9 Å². The molecule has 0 aliphatic carbocycles. The third-order valence-corrected chi connectivity index (χ3v) is 4.47. The number of hydrogen-bond donors (Lipinski definition) is 2. The first-order chi connectivity index (χ1) is 13.6. The summed E-state index contributed by atoms with van der Waals surface area (Å²) >= 11 is 0. The van der Waals surface area contributed by atoms with E-state index < -0.39 is 5.91 Å². The Labute approximate surface area is 160 Å². The van der Waals surface area contributed by atoms with Crippen LogP contribution in [0, 0.1) is 5.82 Å². The number of benzene rings is 3. The summed E-state index contributed by atoms with van der Waals surface area (Å²) in [4.78, 5) is 12.4. The monoisotopic (exact) mass is 372 g/mol. The zero-order chi connectivity index (χ0) is 19.5. The van der Waals surface area contributed by atoms with Gasteiger partial charge in [0.05, 0.1) is 11.4 Å². The van der Waals surface area contributed by atoms with Gasteiger partial charge in [0, 0.05) is 11.1 Å². The molecule has 0 atom stereocenters. The quantitative estimate of drug-likeness (QED) is 0.408. The summed E-state index contributed by atoms with van der Waals surface area (Å²) in [6.45, 7) is 1.85. The number of hydrazone groups is 1. The number of carbonyl (C=O) groups excluding carboxylic acids is 1. The van der Waals surface area contributed by atoms with Crippen LogP contribution in [-0.2, 0) is 0 Å². The number of nitrogens with one attached hydrogen (secondary N) is 2. The SMILES string of the molecule is C/C(=N\NC(=O)c1cc(-c2ccc(F)cc2)n[nH]1)c1cccc2ccccc12. The number of carbonyl (C=O) groups is 1. The number of amides is 1. The number of nitrogens with zero attached hydrogens (tertiary/aromatic N) is 2. The summed E-state index contributed by atoms with van der Waals surface area (Å²) in [6, 6.07) is 21.5. The predicted molar refractivity (Wildman–Crippen MR) is 108 cm³/mol. The Morgan fingerprint density at radius 2 is 1.79 bits per heavy atom. The van der Waals surface area contributed by atoms with Gasteiger partial charge < -0.3 is 0 Å². The second-order valence-electron chi connectivity index (χ2n) is 6.34. The molecule has 1 amide bonds. The number of hydrogen-bond acceptors (Lipinski definition) is 3. The van der Waals surface area contributed by atoms with Crippen molar-refractivity contribution in [3.8, 4) is 11.3 Å². The van der Waals surface area contributed by atoms with Gasteiger partial charge in [-0.2, -0.15) is 10.2 Å². The average Bonchev–Trinajstić information content (AvgIpc) is 3.22. The molecule has 0 fully saturated rings. The molecule has 2 N–H and O–H groups in total. The summed E-state index contributed by atoms with van der Waals surface area (Å²) in [7, 11) is 0. The lowest BCUT2D eigenvalue weighted by atomic mass is 10.0. The summed E-state index contributed by atoms with van der Waals surface area (Å²) in [5.41, 5.74) is 5.75. The van der Waals surface area contributed by atoms with Gasteiger partial charge in [0.15, 0.2) is 0 Å². The second kappa shape index (κ2) is 7.44. The third-order valence-electron chi connectivity index (χ3n) is 4.47. The van der Waals surface area contributed by atoms with Crippen LogP contribution in [0.25, 0.3) is 22.0 Å². The molecule has 6 heteroatoms. The average molecular weight is 372 g/mol. The lowest BCUT2D eigenvalue weighted by Gasteiger charge is -2.06. The molecule has 0 unspecified atom stereocenters. The van der Waals surface area contributed by atoms with Crippen LogP contribution in [-0.4, -0.2) is 21.8 Å². The third kappa shape index (κ3) is 3.53. The molecule has 138 valence electrons. The van der Waals surface area contributed by atoms with E-state index in [1.54, 1.807) is 18.2 Å². The van der Waals surface area contributed by atoms with Gasteiger partial charge >= 0.3 is 0 Å². The minimum absolute atomic E-state index is 0.272. The number of halogens is 1. The Morgan fingerprint density at radius 3 is 2.61 bits per heavy atom. The highest BCUT2D eigenvalue weighted by atomic mass is 19.1. The van der Waals surface area contributed by atoms with Gasteiger partial charge in [-0.1, -0.05) is 42.5 Å². The van der Waals surface area contributed by atoms with Crippen molar-refractivity contribution in [1.29, 1.82) is 0 Å². The molecular weight excluding hydrogens is 355 g/mol. The fourth-order valence-corrected chi connectivity index (χ4v) is 3.00. The number of H-pyrrole nitrogens is 1. The zero-order valence-corrected chi connectivity index (χ0v) is 15.1. The molecule has 28 heavy (non-hydrogen) atoms.